The van der Waals surface area contributed by atoms with E-state index in [4.69, 9.17) is 4.43 Å². The Morgan fingerprint density at radius 1 is 1.41 bits per heavy atom. The molecule has 4 heteroatoms. The fourth-order valence-electron chi connectivity index (χ4n) is 1.64. The molecule has 1 aromatic carbocycles. The Balaban J connectivity index is 2.74. The van der Waals surface area contributed by atoms with E-state index in [1.165, 1.54) is 12.1 Å². The molecule has 0 aliphatic heterocycles. The van der Waals surface area contributed by atoms with Crippen molar-refractivity contribution in [3.8, 4) is 5.75 Å². The van der Waals surface area contributed by atoms with Crippen molar-refractivity contribution in [1.82, 2.24) is 0 Å². The molecule has 17 heavy (non-hydrogen) atoms. The molecule has 0 fully saturated rings. The van der Waals surface area contributed by atoms with Crippen LogP contribution in [0, 0.1) is 5.82 Å². The van der Waals surface area contributed by atoms with E-state index in [9.17, 15) is 9.18 Å². The minimum atomic E-state index is -1.77. The van der Waals surface area contributed by atoms with Gasteiger partial charge in [-0.2, -0.15) is 0 Å². The number of hydrogen-bond donors (Lipinski definition) is 0. The van der Waals surface area contributed by atoms with E-state index in [0.717, 1.165) is 18.9 Å². The van der Waals surface area contributed by atoms with Crippen molar-refractivity contribution < 1.29 is 13.6 Å². The first-order valence-electron chi connectivity index (χ1n) is 5.92. The zero-order valence-electron chi connectivity index (χ0n) is 10.6. The molecule has 0 aliphatic rings. The second-order valence-electron chi connectivity index (χ2n) is 4.77. The molecular formula is C13H19FO2Si. The Morgan fingerprint density at radius 2 is 2.12 bits per heavy atom. The van der Waals surface area contributed by atoms with E-state index in [0.29, 0.717) is 12.0 Å². The van der Waals surface area contributed by atoms with Crippen molar-refractivity contribution >= 4 is 14.6 Å². The van der Waals surface area contributed by atoms with Crippen LogP contribution in [0.25, 0.3) is 0 Å². The predicted molar refractivity (Wildman–Crippen MR) is 69.6 cm³/mol. The highest BCUT2D eigenvalue weighted by Gasteiger charge is 2.23. The molecule has 1 aromatic rings. The van der Waals surface area contributed by atoms with Gasteiger partial charge >= 0.3 is 0 Å². The Morgan fingerprint density at radius 3 is 2.65 bits per heavy atom. The Kier molecular flexibility index (Phi) is 4.87. The Labute approximate surface area is 103 Å². The summed E-state index contributed by atoms with van der Waals surface area (Å²) in [6.07, 6.45) is 2.78. The van der Waals surface area contributed by atoms with Gasteiger partial charge in [-0.05, 0) is 31.3 Å². The summed E-state index contributed by atoms with van der Waals surface area (Å²) in [6, 6.07) is 5.47. The van der Waals surface area contributed by atoms with Crippen LogP contribution in [0.4, 0.5) is 4.39 Å². The van der Waals surface area contributed by atoms with Crippen LogP contribution in [-0.4, -0.2) is 14.6 Å². The lowest BCUT2D eigenvalue weighted by atomic mass is 10.2. The van der Waals surface area contributed by atoms with Gasteiger partial charge in [-0.3, -0.25) is 4.79 Å². The second-order valence-corrected chi connectivity index (χ2v) is 8.99. The number of aldehydes is 1. The van der Waals surface area contributed by atoms with Gasteiger partial charge in [0.1, 0.15) is 11.6 Å². The zero-order valence-corrected chi connectivity index (χ0v) is 11.6. The van der Waals surface area contributed by atoms with E-state index in [1.807, 2.05) is 0 Å². The van der Waals surface area contributed by atoms with Gasteiger partial charge in [0.25, 0.3) is 0 Å². The Hall–Kier alpha value is -1.16. The molecule has 2 nitrogen and oxygen atoms in total. The SMILES string of the molecule is CCCC[Si](C)(C)Oc1ccc(C=O)c(F)c1. The van der Waals surface area contributed by atoms with Crippen LogP contribution in [0.2, 0.25) is 19.1 Å². The van der Waals surface area contributed by atoms with Crippen LogP contribution >= 0.6 is 0 Å². The number of carbonyl (C=O) groups is 1. The minimum Gasteiger partial charge on any atom is -0.544 e. The first kappa shape index (κ1) is 13.9. The van der Waals surface area contributed by atoms with Crippen molar-refractivity contribution in [3.63, 3.8) is 0 Å². The monoisotopic (exact) mass is 254 g/mol. The molecule has 0 N–H and O–H groups in total. The molecule has 0 amide bonds. The van der Waals surface area contributed by atoms with Crippen LogP contribution in [0.5, 0.6) is 5.75 Å². The lowest BCUT2D eigenvalue weighted by Crippen LogP contribution is -2.33. The molecule has 0 saturated carbocycles. The number of halogens is 1. The van der Waals surface area contributed by atoms with Crippen LogP contribution < -0.4 is 4.43 Å². The van der Waals surface area contributed by atoms with Crippen molar-refractivity contribution in [1.29, 1.82) is 0 Å². The highest BCUT2D eigenvalue weighted by atomic mass is 28.4. The van der Waals surface area contributed by atoms with Gasteiger partial charge in [0.15, 0.2) is 6.29 Å². The number of benzene rings is 1. The lowest BCUT2D eigenvalue weighted by molar-refractivity contribution is 0.112. The average Bonchev–Trinajstić information content (AvgIpc) is 2.26. The fourth-order valence-corrected chi connectivity index (χ4v) is 3.71. The number of unbranched alkanes of at least 4 members (excludes halogenated alkanes) is 1. The third kappa shape index (κ3) is 4.30. The van der Waals surface area contributed by atoms with Crippen LogP contribution in [0.15, 0.2) is 18.2 Å². The standard InChI is InChI=1S/C13H19FO2Si/c1-4-5-8-17(2,3)16-12-7-6-11(10-15)13(14)9-12/h6-7,9-10H,4-5,8H2,1-3H3. The van der Waals surface area contributed by atoms with Gasteiger partial charge in [-0.1, -0.05) is 19.8 Å². The normalized spacial score (nSPS) is 11.3. The number of carbonyl (C=O) groups excluding carboxylic acids is 1. The maximum absolute atomic E-state index is 13.4. The van der Waals surface area contributed by atoms with E-state index in [1.54, 1.807) is 6.07 Å². The van der Waals surface area contributed by atoms with Crippen LogP contribution in [0.3, 0.4) is 0 Å². The van der Waals surface area contributed by atoms with Gasteiger partial charge in [-0.25, -0.2) is 4.39 Å². The number of hydrogen-bond acceptors (Lipinski definition) is 2. The molecule has 0 saturated heterocycles. The molecule has 0 heterocycles. The third-order valence-corrected chi connectivity index (χ3v) is 4.97. The molecule has 0 aliphatic carbocycles. The zero-order chi connectivity index (χ0) is 12.9. The van der Waals surface area contributed by atoms with E-state index in [2.05, 4.69) is 20.0 Å². The molecule has 0 atom stereocenters. The van der Waals surface area contributed by atoms with Crippen molar-refractivity contribution in [2.45, 2.75) is 38.9 Å². The quantitative estimate of drug-likeness (QED) is 0.566. The summed E-state index contributed by atoms with van der Waals surface area (Å²) in [5.41, 5.74) is 0.0744. The highest BCUT2D eigenvalue weighted by molar-refractivity contribution is 6.71. The van der Waals surface area contributed by atoms with Gasteiger partial charge < -0.3 is 4.43 Å². The maximum Gasteiger partial charge on any atom is 0.245 e. The molecule has 0 bridgehead atoms. The summed E-state index contributed by atoms with van der Waals surface area (Å²) < 4.78 is 19.2. The molecule has 0 spiro atoms. The first-order valence-corrected chi connectivity index (χ1v) is 9.04. The topological polar surface area (TPSA) is 26.3 Å². The maximum atomic E-state index is 13.4. The van der Waals surface area contributed by atoms with Crippen LogP contribution in [-0.2, 0) is 0 Å². The van der Waals surface area contributed by atoms with Crippen molar-refractivity contribution in [2.75, 3.05) is 0 Å². The Bertz CT molecular complexity index is 391. The summed E-state index contributed by atoms with van der Waals surface area (Å²) in [5.74, 6) is 0.0126. The molecule has 94 valence electrons. The molecule has 0 unspecified atom stereocenters. The molecule has 1 rings (SSSR count). The van der Waals surface area contributed by atoms with Gasteiger partial charge in [-0.15, -0.1) is 0 Å². The smallest absolute Gasteiger partial charge is 0.245 e. The van der Waals surface area contributed by atoms with Crippen molar-refractivity contribution in [2.24, 2.45) is 0 Å². The third-order valence-electron chi connectivity index (χ3n) is 2.63. The lowest BCUT2D eigenvalue weighted by Gasteiger charge is -2.24. The van der Waals surface area contributed by atoms with Gasteiger partial charge in [0, 0.05) is 6.07 Å². The van der Waals surface area contributed by atoms with Gasteiger partial charge in [0.05, 0.1) is 5.56 Å². The molecule has 0 radical (unpaired) electrons. The minimum absolute atomic E-state index is 0.0744. The van der Waals surface area contributed by atoms with Gasteiger partial charge in [0.2, 0.25) is 8.32 Å². The summed E-state index contributed by atoms with van der Waals surface area (Å²) in [5, 5.41) is 0. The van der Waals surface area contributed by atoms with E-state index < -0.39 is 14.1 Å². The second kappa shape index (κ2) is 5.96. The van der Waals surface area contributed by atoms with E-state index >= 15 is 0 Å². The molecular weight excluding hydrogens is 235 g/mol. The fraction of sp³-hybridized carbons (Fsp3) is 0.462. The first-order chi connectivity index (χ1) is 7.98. The predicted octanol–water partition coefficient (Wildman–Crippen LogP) is 4.02. The number of rotatable bonds is 6. The summed E-state index contributed by atoms with van der Waals surface area (Å²) >= 11 is 0. The molecule has 0 aromatic heterocycles. The summed E-state index contributed by atoms with van der Waals surface area (Å²) in [7, 11) is -1.77. The highest BCUT2D eigenvalue weighted by Crippen LogP contribution is 2.22. The summed E-state index contributed by atoms with van der Waals surface area (Å²) in [4.78, 5) is 10.5. The average molecular weight is 254 g/mol. The largest absolute Gasteiger partial charge is 0.544 e. The van der Waals surface area contributed by atoms with E-state index in [-0.39, 0.29) is 5.56 Å². The van der Waals surface area contributed by atoms with Crippen LogP contribution in [0.1, 0.15) is 30.1 Å². The summed E-state index contributed by atoms with van der Waals surface area (Å²) in [6.45, 7) is 6.38. The van der Waals surface area contributed by atoms with Crippen molar-refractivity contribution in [3.05, 3.63) is 29.6 Å².